The summed E-state index contributed by atoms with van der Waals surface area (Å²) >= 11 is 0. The molecule has 0 heterocycles. The maximum atomic E-state index is 8.25. The van der Waals surface area contributed by atoms with Gasteiger partial charge in [-0.15, -0.1) is 0 Å². The summed E-state index contributed by atoms with van der Waals surface area (Å²) in [5, 5.41) is 8.25. The Labute approximate surface area is 69.7 Å². The fourth-order valence-corrected chi connectivity index (χ4v) is 0.433. The Balaban J connectivity index is -0.000000180. The predicted octanol–water partition coefficient (Wildman–Crippen LogP) is 0.555. The number of rotatable bonds is 4. The zero-order valence-corrected chi connectivity index (χ0v) is 7.40. The van der Waals surface area contributed by atoms with Gasteiger partial charge in [-0.1, -0.05) is 0 Å². The Morgan fingerprint density at radius 1 is 1.11 bits per heavy atom. The number of hydrogen-bond donors (Lipinski definition) is 2. The van der Waals surface area contributed by atoms with Gasteiger partial charge >= 0.3 is 0 Å². The van der Waals surface area contributed by atoms with E-state index in [1.165, 1.54) is 0 Å². The summed E-state index contributed by atoms with van der Waals surface area (Å²) < 4.78 is 0. The molecular weight excluding hydrogens is 153 g/mol. The first-order valence-electron chi connectivity index (χ1n) is 2.72. The van der Waals surface area contributed by atoms with E-state index >= 15 is 0 Å². The molecule has 0 aliphatic heterocycles. The molecule has 0 aromatic heterocycles. The van der Waals surface area contributed by atoms with Gasteiger partial charge in [-0.2, -0.15) is 0 Å². The van der Waals surface area contributed by atoms with Crippen molar-refractivity contribution in [2.24, 2.45) is 5.73 Å². The van der Waals surface area contributed by atoms with Crippen LogP contribution in [0.4, 0.5) is 0 Å². The van der Waals surface area contributed by atoms with Gasteiger partial charge in [-0.3, -0.25) is 0 Å². The summed E-state index contributed by atoms with van der Waals surface area (Å²) in [6, 6.07) is 0. The Morgan fingerprint density at radius 3 is 2.00 bits per heavy atom. The van der Waals surface area contributed by atoms with Crippen molar-refractivity contribution in [1.82, 2.24) is 0 Å². The maximum absolute atomic E-state index is 8.25. The zero-order chi connectivity index (χ0) is 5.54. The molecule has 0 aliphatic rings. The predicted molar refractivity (Wildman–Crippen MR) is 36.4 cm³/mol. The van der Waals surface area contributed by atoms with E-state index < -0.39 is 0 Å². The molecule has 0 unspecified atom stereocenters. The van der Waals surface area contributed by atoms with Gasteiger partial charge in [-0.25, -0.2) is 0 Å². The molecule has 0 atom stereocenters. The summed E-state index contributed by atoms with van der Waals surface area (Å²) in [7, 11) is 0. The third kappa shape index (κ3) is 17.7. The molecule has 0 aromatic rings. The summed E-state index contributed by atoms with van der Waals surface area (Å²) in [4.78, 5) is 0. The van der Waals surface area contributed by atoms with Crippen LogP contribution in [0.2, 0.25) is 0 Å². The summed E-state index contributed by atoms with van der Waals surface area (Å²) in [6.07, 6.45) is 3.00. The molecule has 2 nitrogen and oxygen atoms in total. The Morgan fingerprint density at radius 2 is 1.67 bits per heavy atom. The molecule has 0 aliphatic carbocycles. The smallest absolute Gasteiger partial charge is 0.0431 e. The van der Waals surface area contributed by atoms with Gasteiger partial charge in [-0.05, 0) is 25.8 Å². The molecule has 0 aromatic carbocycles. The molecule has 57 valence electrons. The topological polar surface area (TPSA) is 46.2 Å². The molecule has 3 N–H and O–H groups in total. The third-order valence-corrected chi connectivity index (χ3v) is 0.862. The van der Waals surface area contributed by atoms with Crippen LogP contribution in [0.25, 0.3) is 0 Å². The van der Waals surface area contributed by atoms with Crippen molar-refractivity contribution in [3.8, 4) is 0 Å². The van der Waals surface area contributed by atoms with Gasteiger partial charge in [0.2, 0.25) is 0 Å². The normalized spacial score (nSPS) is 7.33. The van der Waals surface area contributed by atoms with Crippen LogP contribution in [-0.2, 0) is 18.6 Å². The van der Waals surface area contributed by atoms with Crippen LogP contribution in [0.5, 0.6) is 0 Å². The van der Waals surface area contributed by atoms with Crippen LogP contribution in [0, 0.1) is 7.43 Å². The second-order valence-electron chi connectivity index (χ2n) is 1.57. The van der Waals surface area contributed by atoms with E-state index in [2.05, 4.69) is 0 Å². The number of aliphatic hydroxyl groups is 1. The van der Waals surface area contributed by atoms with Gasteiger partial charge in [0.1, 0.15) is 0 Å². The van der Waals surface area contributed by atoms with Gasteiger partial charge in [0.15, 0.2) is 0 Å². The molecule has 1 radical (unpaired) electrons. The number of nitrogens with two attached hydrogens (primary N) is 1. The van der Waals surface area contributed by atoms with Crippen molar-refractivity contribution in [3.63, 3.8) is 0 Å². The first-order chi connectivity index (χ1) is 3.41. The van der Waals surface area contributed by atoms with Gasteiger partial charge in [0.05, 0.1) is 0 Å². The standard InChI is InChI=1S/C5H13NO.CH3.V/c6-4-2-1-3-5-7;;/h7H,1-6H2;1H3;/q;-1;. The van der Waals surface area contributed by atoms with Crippen LogP contribution < -0.4 is 5.73 Å². The molecule has 0 saturated heterocycles. The molecule has 0 saturated carbocycles. The fraction of sp³-hybridized carbons (Fsp3) is 0.833. The van der Waals surface area contributed by atoms with Gasteiger partial charge in [0, 0.05) is 25.2 Å². The molecular formula is C6H16NOV-. The number of unbranched alkanes of at least 4 members (excludes halogenated alkanes) is 2. The minimum absolute atomic E-state index is 0. The molecule has 0 fully saturated rings. The van der Waals surface area contributed by atoms with E-state index in [9.17, 15) is 0 Å². The quantitative estimate of drug-likeness (QED) is 0.477. The van der Waals surface area contributed by atoms with Crippen LogP contribution in [0.1, 0.15) is 19.3 Å². The monoisotopic (exact) mass is 169 g/mol. The molecule has 0 bridgehead atoms. The van der Waals surface area contributed by atoms with E-state index in [1.807, 2.05) is 0 Å². The fourth-order valence-electron chi connectivity index (χ4n) is 0.433. The van der Waals surface area contributed by atoms with Crippen molar-refractivity contribution in [3.05, 3.63) is 7.43 Å². The van der Waals surface area contributed by atoms with Crippen LogP contribution in [0.3, 0.4) is 0 Å². The largest absolute Gasteiger partial charge is 0.396 e. The summed E-state index contributed by atoms with van der Waals surface area (Å²) in [6.45, 7) is 1.06. The first-order valence-corrected chi connectivity index (χ1v) is 2.72. The van der Waals surface area contributed by atoms with E-state index in [1.54, 1.807) is 0 Å². The molecule has 0 rings (SSSR count). The van der Waals surface area contributed by atoms with E-state index in [0.717, 1.165) is 25.8 Å². The van der Waals surface area contributed by atoms with Crippen molar-refractivity contribution < 1.29 is 23.7 Å². The van der Waals surface area contributed by atoms with Crippen LogP contribution in [-0.4, -0.2) is 18.3 Å². The summed E-state index contributed by atoms with van der Waals surface area (Å²) in [5.74, 6) is 0. The Bertz CT molecular complexity index is 32.2. The van der Waals surface area contributed by atoms with Gasteiger partial charge < -0.3 is 18.3 Å². The first kappa shape index (κ1) is 16.2. The van der Waals surface area contributed by atoms with Crippen LogP contribution in [0.15, 0.2) is 0 Å². The molecule has 3 heteroatoms. The Kier molecular flexibility index (Phi) is 28.5. The molecule has 0 amide bonds. The third-order valence-electron chi connectivity index (χ3n) is 0.862. The average Bonchev–Trinajstić information content (AvgIpc) is 1.69. The van der Waals surface area contributed by atoms with E-state index in [-0.39, 0.29) is 26.0 Å². The van der Waals surface area contributed by atoms with Crippen LogP contribution >= 0.6 is 0 Å². The van der Waals surface area contributed by atoms with E-state index in [4.69, 9.17) is 10.8 Å². The van der Waals surface area contributed by atoms with Crippen molar-refractivity contribution in [1.29, 1.82) is 0 Å². The van der Waals surface area contributed by atoms with Crippen molar-refractivity contribution in [2.75, 3.05) is 13.2 Å². The minimum Gasteiger partial charge on any atom is -0.396 e. The second kappa shape index (κ2) is 15.8. The van der Waals surface area contributed by atoms with Crippen molar-refractivity contribution in [2.45, 2.75) is 19.3 Å². The number of hydrogen-bond acceptors (Lipinski definition) is 2. The zero-order valence-electron chi connectivity index (χ0n) is 6.01. The average molecular weight is 169 g/mol. The minimum atomic E-state index is 0. The maximum Gasteiger partial charge on any atom is 0.0431 e. The van der Waals surface area contributed by atoms with Crippen molar-refractivity contribution >= 4 is 0 Å². The second-order valence-corrected chi connectivity index (χ2v) is 1.57. The van der Waals surface area contributed by atoms with E-state index in [0.29, 0.717) is 6.61 Å². The Hall–Kier alpha value is 0.504. The summed E-state index contributed by atoms with van der Waals surface area (Å²) in [5.41, 5.74) is 5.19. The SMILES string of the molecule is NCCCCCO.[CH3-].[V]. The molecule has 0 spiro atoms. The van der Waals surface area contributed by atoms with Gasteiger partial charge in [0.25, 0.3) is 0 Å². The number of aliphatic hydroxyl groups excluding tert-OH is 1. The molecule has 9 heavy (non-hydrogen) atoms.